The van der Waals surface area contributed by atoms with Gasteiger partial charge in [0.1, 0.15) is 0 Å². The molecule has 0 aromatic heterocycles. The van der Waals surface area contributed by atoms with E-state index in [9.17, 15) is 9.59 Å². The first-order valence-corrected chi connectivity index (χ1v) is 16.3. The van der Waals surface area contributed by atoms with Crippen molar-refractivity contribution < 1.29 is 14.0 Å². The van der Waals surface area contributed by atoms with Crippen molar-refractivity contribution in [3.8, 4) is 11.1 Å². The summed E-state index contributed by atoms with van der Waals surface area (Å²) < 4.78 is 6.71. The maximum Gasteiger partial charge on any atom is 0.222 e. The summed E-state index contributed by atoms with van der Waals surface area (Å²) in [5.41, 5.74) is 5.44. The van der Waals surface area contributed by atoms with Crippen LogP contribution in [-0.2, 0) is 9.22 Å². The number of ketones is 1. The third-order valence-corrected chi connectivity index (χ3v) is 14.6. The number of aryl methyl sites for hydroxylation is 1. The maximum atomic E-state index is 13.1. The molecule has 3 rings (SSSR count). The average Bonchev–Trinajstić information content (AvgIpc) is 3.18. The molecule has 1 aliphatic heterocycles. The van der Waals surface area contributed by atoms with Crippen LogP contribution in [0.1, 0.15) is 83.1 Å². The lowest BCUT2D eigenvalue weighted by Gasteiger charge is -2.42. The van der Waals surface area contributed by atoms with Crippen molar-refractivity contribution in [1.82, 2.24) is 4.90 Å². The Hall–Kier alpha value is -1.95. The Morgan fingerprint density at radius 2 is 1.73 bits per heavy atom. The Balaban J connectivity index is 1.62. The summed E-state index contributed by atoms with van der Waals surface area (Å²) in [4.78, 5) is 27.8. The van der Waals surface area contributed by atoms with E-state index in [1.54, 1.807) is 0 Å². The average molecular weight is 542 g/mol. The topological polar surface area (TPSA) is 46.6 Å². The van der Waals surface area contributed by atoms with Gasteiger partial charge in [-0.2, -0.15) is 0 Å². The molecule has 202 valence electrons. The van der Waals surface area contributed by atoms with Crippen molar-refractivity contribution in [1.29, 1.82) is 0 Å². The highest BCUT2D eigenvalue weighted by Gasteiger charge is 2.45. The van der Waals surface area contributed by atoms with Crippen LogP contribution in [-0.4, -0.2) is 44.1 Å². The molecule has 0 aliphatic carbocycles. The smallest absolute Gasteiger partial charge is 0.222 e. The minimum Gasteiger partial charge on any atom is -0.414 e. The third-order valence-electron chi connectivity index (χ3n) is 8.23. The normalized spacial score (nSPS) is 16.5. The molecule has 1 amide bonds. The Morgan fingerprint density at radius 1 is 1.05 bits per heavy atom. The minimum absolute atomic E-state index is 0.106. The fourth-order valence-corrected chi connectivity index (χ4v) is 12.1. The monoisotopic (exact) mass is 541 g/mol. The predicted molar refractivity (Wildman–Crippen MR) is 157 cm³/mol. The molecule has 6 heteroatoms. The van der Waals surface area contributed by atoms with Crippen LogP contribution in [0.25, 0.3) is 11.1 Å². The zero-order valence-corrected chi connectivity index (χ0v) is 25.4. The number of Topliss-reactive ketones (excluding diaryl/α,β-unsaturated/α-hetero) is 1. The van der Waals surface area contributed by atoms with Gasteiger partial charge < -0.3 is 9.33 Å². The zero-order chi connectivity index (χ0) is 27.3. The van der Waals surface area contributed by atoms with Gasteiger partial charge in [0.05, 0.1) is 6.61 Å². The molecule has 1 saturated heterocycles. The fraction of sp³-hybridized carbons (Fsp3) is 0.548. The number of halogens is 1. The molecule has 1 heterocycles. The van der Waals surface area contributed by atoms with E-state index < -0.39 is 8.32 Å². The van der Waals surface area contributed by atoms with Crippen LogP contribution in [0, 0.1) is 6.92 Å². The zero-order valence-electron chi connectivity index (χ0n) is 23.6. The molecule has 0 spiro atoms. The molecule has 2 aromatic carbocycles. The summed E-state index contributed by atoms with van der Waals surface area (Å²) in [5.74, 6) is 0.307. The summed E-state index contributed by atoms with van der Waals surface area (Å²) in [6.45, 7) is 16.9. The number of carbonyl (C=O) groups excluding carboxylic acids is 2. The molecule has 1 fully saturated rings. The Labute approximate surface area is 229 Å². The van der Waals surface area contributed by atoms with Gasteiger partial charge in [0, 0.05) is 36.0 Å². The van der Waals surface area contributed by atoms with Crippen LogP contribution in [0.4, 0.5) is 0 Å². The van der Waals surface area contributed by atoms with Gasteiger partial charge in [-0.1, -0.05) is 77.4 Å². The largest absolute Gasteiger partial charge is 0.414 e. The molecule has 1 aliphatic rings. The molecule has 0 radical (unpaired) electrons. The van der Waals surface area contributed by atoms with Crippen molar-refractivity contribution in [2.45, 2.75) is 96.8 Å². The van der Waals surface area contributed by atoms with E-state index in [-0.39, 0.29) is 17.7 Å². The van der Waals surface area contributed by atoms with E-state index in [1.807, 2.05) is 54.3 Å². The van der Waals surface area contributed by atoms with Gasteiger partial charge in [0.15, 0.2) is 14.1 Å². The van der Waals surface area contributed by atoms with E-state index >= 15 is 0 Å². The quantitative estimate of drug-likeness (QED) is 0.200. The fourth-order valence-electron chi connectivity index (χ4n) is 6.47. The summed E-state index contributed by atoms with van der Waals surface area (Å²) in [6.07, 6.45) is 2.50. The summed E-state index contributed by atoms with van der Waals surface area (Å²) >= 11 is 6.12. The first-order chi connectivity index (χ1) is 17.5. The van der Waals surface area contributed by atoms with E-state index in [1.165, 1.54) is 0 Å². The predicted octanol–water partition coefficient (Wildman–Crippen LogP) is 8.46. The number of amides is 1. The van der Waals surface area contributed by atoms with Crippen molar-refractivity contribution in [3.63, 3.8) is 0 Å². The van der Waals surface area contributed by atoms with Crippen molar-refractivity contribution in [2.75, 3.05) is 13.2 Å². The molecular formula is C31H44ClNO3Si. The standard InChI is InChI=1S/C31H44ClNO3Si/c1-21(2)37(22(3)4,23(5)6)36-18-17-33-28(13-16-31(33)35)12-15-30(34)26-10-8-9-25(20-26)29-14-11-27(32)19-24(29)7/h8-11,14,19-23,28H,12-13,15-18H2,1-7H3/t28-/m1/s1. The van der Waals surface area contributed by atoms with E-state index in [0.29, 0.717) is 59.6 Å². The lowest BCUT2D eigenvalue weighted by Crippen LogP contribution is -2.49. The molecule has 0 unspecified atom stereocenters. The third kappa shape index (κ3) is 6.74. The van der Waals surface area contributed by atoms with Crippen LogP contribution in [0.5, 0.6) is 0 Å². The number of benzene rings is 2. The molecule has 0 saturated carbocycles. The molecular weight excluding hydrogens is 498 g/mol. The number of nitrogens with zero attached hydrogens (tertiary/aromatic N) is 1. The maximum absolute atomic E-state index is 13.1. The van der Waals surface area contributed by atoms with E-state index in [4.69, 9.17) is 16.0 Å². The number of rotatable bonds is 12. The van der Waals surface area contributed by atoms with Crippen LogP contribution in [0.2, 0.25) is 21.6 Å². The SMILES string of the molecule is Cc1cc(Cl)ccc1-c1cccc(C(=O)CC[C@@H]2CCC(=O)N2CCO[Si](C(C)C)(C(C)C)C(C)C)c1. The van der Waals surface area contributed by atoms with Gasteiger partial charge in [-0.05, 0) is 71.3 Å². The second-order valence-corrected chi connectivity index (χ2v) is 17.3. The Bertz CT molecular complexity index is 1080. The number of carbonyl (C=O) groups is 2. The molecule has 1 atom stereocenters. The van der Waals surface area contributed by atoms with Gasteiger partial charge in [-0.25, -0.2) is 0 Å². The summed E-state index contributed by atoms with van der Waals surface area (Å²) in [5, 5.41) is 0.709. The number of likely N-dealkylation sites (tertiary alicyclic amines) is 1. The van der Waals surface area contributed by atoms with Crippen LogP contribution >= 0.6 is 11.6 Å². The van der Waals surface area contributed by atoms with Gasteiger partial charge in [-0.15, -0.1) is 0 Å². The van der Waals surface area contributed by atoms with Gasteiger partial charge >= 0.3 is 0 Å². The first kappa shape index (κ1) is 29.6. The summed E-state index contributed by atoms with van der Waals surface area (Å²) in [7, 11) is -1.96. The lowest BCUT2D eigenvalue weighted by molar-refractivity contribution is -0.129. The number of hydrogen-bond acceptors (Lipinski definition) is 3. The second-order valence-electron chi connectivity index (χ2n) is 11.4. The molecule has 4 nitrogen and oxygen atoms in total. The van der Waals surface area contributed by atoms with Gasteiger partial charge in [-0.3, -0.25) is 9.59 Å². The van der Waals surface area contributed by atoms with Crippen molar-refractivity contribution >= 4 is 31.6 Å². The molecule has 37 heavy (non-hydrogen) atoms. The highest BCUT2D eigenvalue weighted by Crippen LogP contribution is 2.42. The first-order valence-electron chi connectivity index (χ1n) is 13.8. The van der Waals surface area contributed by atoms with Gasteiger partial charge in [0.2, 0.25) is 5.91 Å². The highest BCUT2D eigenvalue weighted by molar-refractivity contribution is 6.77. The van der Waals surface area contributed by atoms with Crippen LogP contribution < -0.4 is 0 Å². The second kappa shape index (κ2) is 12.7. The van der Waals surface area contributed by atoms with E-state index in [0.717, 1.165) is 23.1 Å². The highest BCUT2D eigenvalue weighted by atomic mass is 35.5. The summed E-state index contributed by atoms with van der Waals surface area (Å²) in [6, 6.07) is 13.7. The molecule has 0 N–H and O–H groups in total. The van der Waals surface area contributed by atoms with Crippen molar-refractivity contribution in [3.05, 3.63) is 58.6 Å². The Kier molecular flexibility index (Phi) is 10.2. The Morgan fingerprint density at radius 3 is 2.35 bits per heavy atom. The molecule has 2 aromatic rings. The van der Waals surface area contributed by atoms with Crippen LogP contribution in [0.3, 0.4) is 0 Å². The lowest BCUT2D eigenvalue weighted by atomic mass is 9.96. The minimum atomic E-state index is -1.96. The number of hydrogen-bond donors (Lipinski definition) is 0. The molecule has 0 bridgehead atoms. The van der Waals surface area contributed by atoms with Crippen LogP contribution in [0.15, 0.2) is 42.5 Å². The van der Waals surface area contributed by atoms with Gasteiger partial charge in [0.25, 0.3) is 0 Å². The van der Waals surface area contributed by atoms with E-state index in [2.05, 4.69) is 41.5 Å². The van der Waals surface area contributed by atoms with Crippen molar-refractivity contribution in [2.24, 2.45) is 0 Å².